The van der Waals surface area contributed by atoms with E-state index in [1.165, 1.54) is 0 Å². The van der Waals surface area contributed by atoms with Crippen LogP contribution in [0.1, 0.15) is 25.0 Å². The molecular formula is C19H14F7N7. The number of hydrogen-bond donors (Lipinski definition) is 2. The Morgan fingerprint density at radius 3 is 2.24 bits per heavy atom. The van der Waals surface area contributed by atoms with E-state index in [0.717, 1.165) is 18.3 Å². The van der Waals surface area contributed by atoms with Gasteiger partial charge in [0, 0.05) is 30.6 Å². The van der Waals surface area contributed by atoms with Crippen molar-refractivity contribution in [2.75, 3.05) is 10.6 Å². The van der Waals surface area contributed by atoms with E-state index in [1.54, 1.807) is 0 Å². The fourth-order valence-corrected chi connectivity index (χ4v) is 3.23. The van der Waals surface area contributed by atoms with E-state index in [0.29, 0.717) is 12.3 Å². The molecule has 14 heteroatoms. The van der Waals surface area contributed by atoms with Crippen molar-refractivity contribution < 1.29 is 30.7 Å². The van der Waals surface area contributed by atoms with Gasteiger partial charge in [-0.25, -0.2) is 22.5 Å². The summed E-state index contributed by atoms with van der Waals surface area (Å²) in [5.74, 6) is -5.59. The normalized spacial score (nSPS) is 17.7. The van der Waals surface area contributed by atoms with Gasteiger partial charge in [0.2, 0.25) is 17.8 Å². The average Bonchev–Trinajstić information content (AvgIpc) is 3.04. The number of aromatic nitrogens is 5. The molecule has 1 aliphatic carbocycles. The van der Waals surface area contributed by atoms with E-state index in [9.17, 15) is 30.7 Å². The highest BCUT2D eigenvalue weighted by molar-refractivity contribution is 5.58. The molecule has 0 unspecified atom stereocenters. The minimum absolute atomic E-state index is 0.0990. The van der Waals surface area contributed by atoms with Gasteiger partial charge < -0.3 is 10.6 Å². The van der Waals surface area contributed by atoms with Crippen LogP contribution in [0.5, 0.6) is 0 Å². The van der Waals surface area contributed by atoms with Gasteiger partial charge in [-0.15, -0.1) is 0 Å². The van der Waals surface area contributed by atoms with E-state index in [1.807, 2.05) is 0 Å². The minimum atomic E-state index is -4.78. The van der Waals surface area contributed by atoms with Crippen molar-refractivity contribution in [1.82, 2.24) is 24.9 Å². The van der Waals surface area contributed by atoms with Crippen LogP contribution >= 0.6 is 0 Å². The van der Waals surface area contributed by atoms with Gasteiger partial charge in [-0.1, -0.05) is 0 Å². The second-order valence-electron chi connectivity index (χ2n) is 7.32. The summed E-state index contributed by atoms with van der Waals surface area (Å²) in [6.07, 6.45) is -4.03. The molecule has 0 aliphatic heterocycles. The molecule has 1 aromatic carbocycles. The van der Waals surface area contributed by atoms with Crippen molar-refractivity contribution in [2.24, 2.45) is 0 Å². The van der Waals surface area contributed by atoms with Gasteiger partial charge in [-0.2, -0.15) is 28.1 Å². The van der Waals surface area contributed by atoms with Crippen LogP contribution in [0.15, 0.2) is 30.6 Å². The second-order valence-corrected chi connectivity index (χ2v) is 7.32. The Morgan fingerprint density at radius 1 is 0.909 bits per heavy atom. The largest absolute Gasteiger partial charge is 0.434 e. The molecule has 4 rings (SSSR count). The highest BCUT2D eigenvalue weighted by Crippen LogP contribution is 2.36. The maximum absolute atomic E-state index is 13.5. The second kappa shape index (κ2) is 8.41. The van der Waals surface area contributed by atoms with Crippen LogP contribution in [-0.2, 0) is 6.18 Å². The Labute approximate surface area is 181 Å². The first kappa shape index (κ1) is 22.6. The Morgan fingerprint density at radius 2 is 1.61 bits per heavy atom. The van der Waals surface area contributed by atoms with Crippen molar-refractivity contribution in [2.45, 2.75) is 37.4 Å². The smallest absolute Gasteiger partial charge is 0.351 e. The number of rotatable bonds is 5. The summed E-state index contributed by atoms with van der Waals surface area (Å²) >= 11 is 0. The SMILES string of the molecule is Fc1cc(F)cc(Nc2nc(N[C@@H]3CCC(F)(F)C3)nc(-c3cncc(C(F)(F)F)n3)n2)c1. The zero-order valence-electron chi connectivity index (χ0n) is 16.5. The summed E-state index contributed by atoms with van der Waals surface area (Å²) in [6.45, 7) is 0. The minimum Gasteiger partial charge on any atom is -0.351 e. The number of hydrogen-bond acceptors (Lipinski definition) is 7. The van der Waals surface area contributed by atoms with Crippen molar-refractivity contribution in [3.05, 3.63) is 47.9 Å². The molecule has 1 saturated carbocycles. The monoisotopic (exact) mass is 473 g/mol. The Kier molecular flexibility index (Phi) is 5.76. The summed E-state index contributed by atoms with van der Waals surface area (Å²) in [7, 11) is 0. The predicted octanol–water partition coefficient (Wildman–Crippen LogP) is 4.97. The van der Waals surface area contributed by atoms with Gasteiger partial charge in [0.25, 0.3) is 0 Å². The Hall–Kier alpha value is -3.58. The summed E-state index contributed by atoms with van der Waals surface area (Å²) in [6, 6.07) is 1.79. The first-order chi connectivity index (χ1) is 15.5. The summed E-state index contributed by atoms with van der Waals surface area (Å²) in [4.78, 5) is 18.9. The number of anilines is 3. The number of nitrogens with zero attached hydrogens (tertiary/aromatic N) is 5. The third kappa shape index (κ3) is 5.62. The van der Waals surface area contributed by atoms with Crippen molar-refractivity contribution in [1.29, 1.82) is 0 Å². The van der Waals surface area contributed by atoms with Crippen LogP contribution in [0.2, 0.25) is 0 Å². The molecule has 7 nitrogen and oxygen atoms in total. The van der Waals surface area contributed by atoms with E-state index >= 15 is 0 Å². The summed E-state index contributed by atoms with van der Waals surface area (Å²) < 4.78 is 93.2. The van der Waals surface area contributed by atoms with Gasteiger partial charge in [-0.3, -0.25) is 4.98 Å². The molecule has 2 heterocycles. The first-order valence-electron chi connectivity index (χ1n) is 9.50. The van der Waals surface area contributed by atoms with Gasteiger partial charge in [0.1, 0.15) is 17.3 Å². The van der Waals surface area contributed by atoms with E-state index < -0.39 is 41.9 Å². The fraction of sp³-hybridized carbons (Fsp3) is 0.316. The molecular weight excluding hydrogens is 459 g/mol. The third-order valence-electron chi connectivity index (χ3n) is 4.65. The molecule has 1 aliphatic rings. The highest BCUT2D eigenvalue weighted by Gasteiger charge is 2.40. The highest BCUT2D eigenvalue weighted by atomic mass is 19.4. The fourth-order valence-electron chi connectivity index (χ4n) is 3.23. The maximum Gasteiger partial charge on any atom is 0.434 e. The lowest BCUT2D eigenvalue weighted by Gasteiger charge is -2.15. The molecule has 174 valence electrons. The molecule has 1 atom stereocenters. The van der Waals surface area contributed by atoms with Gasteiger partial charge in [-0.05, 0) is 18.6 Å². The van der Waals surface area contributed by atoms with Crippen LogP contribution < -0.4 is 10.6 Å². The lowest BCUT2D eigenvalue weighted by atomic mass is 10.2. The van der Waals surface area contributed by atoms with Crippen molar-refractivity contribution >= 4 is 17.6 Å². The summed E-state index contributed by atoms with van der Waals surface area (Å²) in [5, 5.41) is 5.22. The molecule has 2 aromatic heterocycles. The number of halogens is 7. The Balaban J connectivity index is 1.71. The molecule has 0 bridgehead atoms. The Bertz CT molecular complexity index is 1150. The molecule has 3 aromatic rings. The first-order valence-corrected chi connectivity index (χ1v) is 9.50. The molecule has 0 spiro atoms. The zero-order valence-corrected chi connectivity index (χ0v) is 16.5. The standard InChI is InChI=1S/C19H14F7N7/c20-9-3-10(21)5-12(4-9)29-17-32-15(13-7-27-8-14(30-13)19(24,25)26)31-16(33-17)28-11-1-2-18(22,23)6-11/h3-5,7-8,11H,1-2,6H2,(H2,28,29,31,32,33)/t11-/m1/s1. The molecule has 0 amide bonds. The van der Waals surface area contributed by atoms with Crippen LogP contribution in [0.3, 0.4) is 0 Å². The van der Waals surface area contributed by atoms with Gasteiger partial charge in [0.05, 0.1) is 12.4 Å². The van der Waals surface area contributed by atoms with Crippen molar-refractivity contribution in [3.63, 3.8) is 0 Å². The number of benzene rings is 1. The predicted molar refractivity (Wildman–Crippen MR) is 102 cm³/mol. The topological polar surface area (TPSA) is 88.5 Å². The van der Waals surface area contributed by atoms with Crippen LogP contribution in [0.4, 0.5) is 48.3 Å². The van der Waals surface area contributed by atoms with E-state index in [4.69, 9.17) is 0 Å². The zero-order chi connectivity index (χ0) is 23.8. The molecule has 1 fully saturated rings. The molecule has 0 radical (unpaired) electrons. The van der Waals surface area contributed by atoms with Crippen LogP contribution in [-0.4, -0.2) is 36.9 Å². The molecule has 2 N–H and O–H groups in total. The molecule has 0 saturated heterocycles. The van der Waals surface area contributed by atoms with Crippen molar-refractivity contribution in [3.8, 4) is 11.5 Å². The van der Waals surface area contributed by atoms with E-state index in [2.05, 4.69) is 35.6 Å². The van der Waals surface area contributed by atoms with Gasteiger partial charge in [0.15, 0.2) is 11.5 Å². The lowest BCUT2D eigenvalue weighted by Crippen LogP contribution is -2.21. The maximum atomic E-state index is 13.5. The number of alkyl halides is 5. The quantitative estimate of drug-likeness (QED) is 0.506. The molecule has 33 heavy (non-hydrogen) atoms. The number of nitrogens with one attached hydrogen (secondary N) is 2. The average molecular weight is 473 g/mol. The van der Waals surface area contributed by atoms with Gasteiger partial charge >= 0.3 is 6.18 Å². The van der Waals surface area contributed by atoms with E-state index in [-0.39, 0.29) is 41.9 Å². The summed E-state index contributed by atoms with van der Waals surface area (Å²) in [5.41, 5.74) is -1.77. The third-order valence-corrected chi connectivity index (χ3v) is 4.65. The lowest BCUT2D eigenvalue weighted by molar-refractivity contribution is -0.141. The van der Waals surface area contributed by atoms with Crippen LogP contribution in [0.25, 0.3) is 11.5 Å². The van der Waals surface area contributed by atoms with Crippen LogP contribution in [0, 0.1) is 11.6 Å².